The maximum atomic E-state index is 10.2. The molecule has 0 aliphatic heterocycles. The van der Waals surface area contributed by atoms with E-state index in [2.05, 4.69) is 37.2 Å². The highest BCUT2D eigenvalue weighted by atomic mass is 128. The Hall–Kier alpha value is -0.900. The van der Waals surface area contributed by atoms with E-state index in [-0.39, 0.29) is 13.1 Å². The van der Waals surface area contributed by atoms with Crippen molar-refractivity contribution in [1.29, 1.82) is 0 Å². The van der Waals surface area contributed by atoms with Gasteiger partial charge in [-0.1, -0.05) is 31.7 Å². The van der Waals surface area contributed by atoms with Crippen molar-refractivity contribution in [3.63, 3.8) is 0 Å². The molecule has 4 nitrogen and oxygen atoms in total. The predicted octanol–water partition coefficient (Wildman–Crippen LogP) is 5.89. The zero-order valence-corrected chi connectivity index (χ0v) is 15.5. The Balaban J connectivity index is 0. The fourth-order valence-corrected chi connectivity index (χ4v) is 1.41. The number of hydrogen-bond acceptors (Lipinski definition) is 3. The third-order valence-electron chi connectivity index (χ3n) is 2.25. The molecule has 0 spiro atoms. The Kier molecular flexibility index (Phi) is 13.7. The van der Waals surface area contributed by atoms with Gasteiger partial charge < -0.3 is 5.73 Å². The van der Waals surface area contributed by atoms with Crippen LogP contribution in [0.3, 0.4) is 0 Å². The second-order valence-electron chi connectivity index (χ2n) is 4.01. The van der Waals surface area contributed by atoms with Crippen molar-refractivity contribution in [3.8, 4) is 0 Å². The number of nitrogen functional groups attached to an aromatic ring is 1. The van der Waals surface area contributed by atoms with E-state index in [0.717, 1.165) is 11.3 Å². The molecule has 0 aliphatic carbocycles. The normalized spacial score (nSPS) is 8.19. The predicted molar refractivity (Wildman–Crippen MR) is 108 cm³/mol. The summed E-state index contributed by atoms with van der Waals surface area (Å²) in [6.45, 7) is 3.85. The summed E-state index contributed by atoms with van der Waals surface area (Å²) in [6, 6.07) is 14.3. The second kappa shape index (κ2) is 12.8. The van der Waals surface area contributed by atoms with Gasteiger partial charge in [-0.2, -0.15) is 0 Å². The van der Waals surface area contributed by atoms with E-state index in [1.807, 2.05) is 44.2 Å². The third-order valence-corrected chi connectivity index (χ3v) is 2.25. The summed E-state index contributed by atoms with van der Waals surface area (Å²) in [5, 5.41) is 10.2. The molecule has 2 N–H and O–H groups in total. The summed E-state index contributed by atoms with van der Waals surface area (Å²) in [7, 11) is 0. The topological polar surface area (TPSA) is 69.2 Å². The fraction of sp³-hybridized carbons (Fsp3) is 0.200. The van der Waals surface area contributed by atoms with E-state index in [4.69, 9.17) is 5.73 Å². The standard InChI is InChI=1S/C7H7NO2.C7H9N.CH4.I2/c1-6-3-2-4-7(5-6)8(9)10;1-6-3-2-4-7(8)5-6;;1-2/h2-5H,1H3;2-5H,8H2,1H3;1H4;. The van der Waals surface area contributed by atoms with Crippen LogP contribution < -0.4 is 5.73 Å². The second-order valence-corrected chi connectivity index (χ2v) is 4.01. The number of aryl methyl sites for hydroxylation is 2. The van der Waals surface area contributed by atoms with Crippen LogP contribution in [-0.2, 0) is 0 Å². The summed E-state index contributed by atoms with van der Waals surface area (Å²) in [5.41, 5.74) is 8.57. The summed E-state index contributed by atoms with van der Waals surface area (Å²) < 4.78 is 0. The minimum Gasteiger partial charge on any atom is -0.399 e. The largest absolute Gasteiger partial charge is 0.399 e. The van der Waals surface area contributed by atoms with Crippen LogP contribution in [0.4, 0.5) is 11.4 Å². The van der Waals surface area contributed by atoms with Gasteiger partial charge in [0.2, 0.25) is 0 Å². The van der Waals surface area contributed by atoms with E-state index < -0.39 is 4.92 Å². The quantitative estimate of drug-likeness (QED) is 0.224. The van der Waals surface area contributed by atoms with Gasteiger partial charge in [0.1, 0.15) is 0 Å². The third kappa shape index (κ3) is 10.5. The van der Waals surface area contributed by atoms with E-state index in [0.29, 0.717) is 0 Å². The monoisotopic (exact) mass is 514 g/mol. The zero-order chi connectivity index (χ0) is 15.5. The average molecular weight is 514 g/mol. The molecular formula is C15H20I2N2O2. The van der Waals surface area contributed by atoms with Crippen LogP contribution in [0.1, 0.15) is 18.6 Å². The smallest absolute Gasteiger partial charge is 0.269 e. The lowest BCUT2D eigenvalue weighted by atomic mass is 10.2. The van der Waals surface area contributed by atoms with Crippen molar-refractivity contribution in [2.24, 2.45) is 0 Å². The lowest BCUT2D eigenvalue weighted by molar-refractivity contribution is -0.384. The zero-order valence-electron chi connectivity index (χ0n) is 11.2. The first kappa shape index (κ1) is 22.4. The molecule has 0 heterocycles. The molecule has 0 saturated carbocycles. The van der Waals surface area contributed by atoms with Gasteiger partial charge in [0.25, 0.3) is 5.69 Å². The molecule has 2 aromatic rings. The Morgan fingerprint density at radius 3 is 1.76 bits per heavy atom. The molecule has 0 atom stereocenters. The number of nitrogens with zero attached hydrogens (tertiary/aromatic N) is 1. The lowest BCUT2D eigenvalue weighted by Crippen LogP contribution is -1.86. The molecule has 0 aromatic heterocycles. The molecule has 116 valence electrons. The maximum Gasteiger partial charge on any atom is 0.269 e. The highest BCUT2D eigenvalue weighted by molar-refractivity contribution is 15.0. The molecule has 0 aliphatic rings. The van der Waals surface area contributed by atoms with E-state index in [1.54, 1.807) is 12.1 Å². The van der Waals surface area contributed by atoms with E-state index in [9.17, 15) is 10.1 Å². The van der Waals surface area contributed by atoms with Crippen molar-refractivity contribution in [2.75, 3.05) is 5.73 Å². The summed E-state index contributed by atoms with van der Waals surface area (Å²) in [6.07, 6.45) is 0. The molecular weight excluding hydrogens is 494 g/mol. The molecule has 0 unspecified atom stereocenters. The maximum absolute atomic E-state index is 10.2. The van der Waals surface area contributed by atoms with Crippen LogP contribution in [-0.4, -0.2) is 4.92 Å². The summed E-state index contributed by atoms with van der Waals surface area (Å²) in [5.74, 6) is 0. The number of nitro benzene ring substituents is 1. The molecule has 0 saturated heterocycles. The van der Waals surface area contributed by atoms with Gasteiger partial charge >= 0.3 is 0 Å². The Bertz CT molecular complexity index is 531. The first-order chi connectivity index (χ1) is 9.49. The highest BCUT2D eigenvalue weighted by Crippen LogP contribution is 2.11. The molecule has 0 amide bonds. The Morgan fingerprint density at radius 1 is 1.00 bits per heavy atom. The molecule has 2 aromatic carbocycles. The van der Waals surface area contributed by atoms with Gasteiger partial charge in [-0.3, -0.25) is 10.1 Å². The van der Waals surface area contributed by atoms with Gasteiger partial charge in [-0.15, -0.1) is 0 Å². The van der Waals surface area contributed by atoms with Crippen LogP contribution >= 0.6 is 37.2 Å². The van der Waals surface area contributed by atoms with Gasteiger partial charge in [0, 0.05) is 55.1 Å². The SMILES string of the molecule is C.Cc1cccc(N)c1.Cc1cccc([N+](=O)[O-])c1.II. The number of non-ortho nitro benzene ring substituents is 1. The minimum atomic E-state index is -0.396. The van der Waals surface area contributed by atoms with Crippen molar-refractivity contribution in [1.82, 2.24) is 0 Å². The van der Waals surface area contributed by atoms with Gasteiger partial charge in [0.15, 0.2) is 0 Å². The number of benzene rings is 2. The number of nitro groups is 1. The van der Waals surface area contributed by atoms with Crippen molar-refractivity contribution < 1.29 is 4.92 Å². The first-order valence-electron chi connectivity index (χ1n) is 5.66. The summed E-state index contributed by atoms with van der Waals surface area (Å²) in [4.78, 5) is 9.76. The van der Waals surface area contributed by atoms with Crippen LogP contribution in [0.2, 0.25) is 0 Å². The molecule has 0 bridgehead atoms. The number of halogens is 2. The van der Waals surface area contributed by atoms with Crippen molar-refractivity contribution >= 4 is 48.6 Å². The van der Waals surface area contributed by atoms with E-state index in [1.165, 1.54) is 11.6 Å². The molecule has 0 radical (unpaired) electrons. The van der Waals surface area contributed by atoms with Gasteiger partial charge in [-0.25, -0.2) is 0 Å². The summed E-state index contributed by atoms with van der Waals surface area (Å²) >= 11 is 4.24. The molecule has 0 fully saturated rings. The van der Waals surface area contributed by atoms with Crippen molar-refractivity contribution in [2.45, 2.75) is 21.3 Å². The molecule has 2 rings (SSSR count). The lowest BCUT2D eigenvalue weighted by Gasteiger charge is -1.91. The van der Waals surface area contributed by atoms with Crippen LogP contribution in [0.5, 0.6) is 0 Å². The fourth-order valence-electron chi connectivity index (χ4n) is 1.41. The Labute approximate surface area is 149 Å². The number of rotatable bonds is 1. The van der Waals surface area contributed by atoms with E-state index >= 15 is 0 Å². The van der Waals surface area contributed by atoms with Gasteiger partial charge in [0.05, 0.1) is 4.92 Å². The molecule has 21 heavy (non-hydrogen) atoms. The van der Waals surface area contributed by atoms with Crippen LogP contribution in [0.25, 0.3) is 0 Å². The number of nitrogens with two attached hydrogens (primary N) is 1. The van der Waals surface area contributed by atoms with Crippen LogP contribution in [0.15, 0.2) is 48.5 Å². The highest BCUT2D eigenvalue weighted by Gasteiger charge is 2.01. The molecule has 6 heteroatoms. The minimum absolute atomic E-state index is 0. The first-order valence-corrected chi connectivity index (χ1v) is 11.9. The van der Waals surface area contributed by atoms with Crippen LogP contribution in [0, 0.1) is 24.0 Å². The van der Waals surface area contributed by atoms with Gasteiger partial charge in [-0.05, 0) is 37.1 Å². The number of anilines is 1. The Morgan fingerprint density at radius 2 is 1.48 bits per heavy atom. The van der Waals surface area contributed by atoms with Crippen molar-refractivity contribution in [3.05, 3.63) is 69.8 Å². The number of hydrogen-bond donors (Lipinski definition) is 1. The average Bonchev–Trinajstić information content (AvgIpc) is 2.41.